The van der Waals surface area contributed by atoms with Gasteiger partial charge in [-0.25, -0.2) is 0 Å². The number of aliphatic hydroxyl groups excluding tert-OH is 1. The van der Waals surface area contributed by atoms with Crippen molar-refractivity contribution in [2.45, 2.75) is 76.7 Å². The number of rotatable bonds is 4. The van der Waals surface area contributed by atoms with E-state index in [1.165, 1.54) is 34.1 Å². The van der Waals surface area contributed by atoms with Crippen molar-refractivity contribution in [3.63, 3.8) is 0 Å². The number of aliphatic hydroxyl groups is 1. The number of furan rings is 1. The minimum Gasteiger partial charge on any atom is -0.495 e. The molecular weight excluding hydrogens is 458 g/mol. The van der Waals surface area contributed by atoms with E-state index < -0.39 is 0 Å². The number of hydrogen-bond acceptors (Lipinski definition) is 3. The molecule has 2 atom stereocenters. The average Bonchev–Trinajstić information content (AvgIpc) is 3.26. The Hall–Kier alpha value is -3.11. The van der Waals surface area contributed by atoms with Gasteiger partial charge in [0.25, 0.3) is 5.69 Å². The molecule has 0 saturated heterocycles. The number of allylic oxidation sites excluding steroid dienone is 1. The van der Waals surface area contributed by atoms with Crippen LogP contribution in [0.2, 0.25) is 0 Å². The molecule has 37 heavy (non-hydrogen) atoms. The zero-order chi connectivity index (χ0) is 26.3. The van der Waals surface area contributed by atoms with Crippen LogP contribution in [-0.2, 0) is 15.6 Å². The zero-order valence-corrected chi connectivity index (χ0v) is 22.9. The smallest absolute Gasteiger partial charge is 0.257 e. The Kier molecular flexibility index (Phi) is 5.37. The molecule has 4 nitrogen and oxygen atoms in total. The highest BCUT2D eigenvalue weighted by atomic mass is 16.5. The molecule has 192 valence electrons. The minimum atomic E-state index is -0.134. The second kappa shape index (κ2) is 8.19. The maximum absolute atomic E-state index is 9.97. The first-order chi connectivity index (χ1) is 17.6. The lowest BCUT2D eigenvalue weighted by Crippen LogP contribution is -2.48. The molecule has 0 bridgehead atoms. The summed E-state index contributed by atoms with van der Waals surface area (Å²) in [7, 11) is 1.68. The van der Waals surface area contributed by atoms with Crippen molar-refractivity contribution in [1.82, 2.24) is 0 Å². The van der Waals surface area contributed by atoms with E-state index >= 15 is 0 Å². The van der Waals surface area contributed by atoms with Gasteiger partial charge in [-0.05, 0) is 59.8 Å². The molecule has 0 amide bonds. The highest BCUT2D eigenvalue weighted by Crippen LogP contribution is 2.52. The van der Waals surface area contributed by atoms with Gasteiger partial charge >= 0.3 is 0 Å². The van der Waals surface area contributed by atoms with Crippen LogP contribution in [0.1, 0.15) is 81.2 Å². The van der Waals surface area contributed by atoms with E-state index in [0.717, 1.165) is 34.2 Å². The maximum Gasteiger partial charge on any atom is 0.257 e. The topological polar surface area (TPSA) is 46.5 Å². The van der Waals surface area contributed by atoms with Gasteiger partial charge in [-0.1, -0.05) is 58.5 Å². The number of benzene rings is 2. The number of methoxy groups -OCH3 is 1. The molecule has 0 radical (unpaired) electrons. The van der Waals surface area contributed by atoms with Gasteiger partial charge in [-0.3, -0.25) is 0 Å². The van der Waals surface area contributed by atoms with Gasteiger partial charge in [-0.2, -0.15) is 4.57 Å². The Morgan fingerprint density at radius 2 is 1.84 bits per heavy atom. The summed E-state index contributed by atoms with van der Waals surface area (Å²) < 4.78 is 15.0. The second-order valence-electron chi connectivity index (χ2n) is 12.3. The summed E-state index contributed by atoms with van der Waals surface area (Å²) in [6.45, 7) is 16.1. The van der Waals surface area contributed by atoms with Crippen molar-refractivity contribution >= 4 is 21.9 Å². The molecule has 4 heteroatoms. The Morgan fingerprint density at radius 3 is 2.57 bits per heavy atom. The highest BCUT2D eigenvalue weighted by Gasteiger charge is 2.45. The average molecular weight is 497 g/mol. The van der Waals surface area contributed by atoms with Crippen molar-refractivity contribution in [3.8, 4) is 11.3 Å². The summed E-state index contributed by atoms with van der Waals surface area (Å²) in [5.74, 6) is 0.744. The van der Waals surface area contributed by atoms with E-state index in [2.05, 4.69) is 88.4 Å². The molecule has 1 aliphatic heterocycles. The summed E-state index contributed by atoms with van der Waals surface area (Å²) in [5.41, 5.74) is 9.56. The van der Waals surface area contributed by atoms with E-state index in [1.54, 1.807) is 7.11 Å². The Bertz CT molecular complexity index is 1570. The van der Waals surface area contributed by atoms with Crippen molar-refractivity contribution in [2.75, 3.05) is 13.7 Å². The molecule has 2 aromatic heterocycles. The largest absolute Gasteiger partial charge is 0.495 e. The molecule has 2 aliphatic rings. The quantitative estimate of drug-likeness (QED) is 0.237. The third kappa shape index (κ3) is 3.34. The monoisotopic (exact) mass is 496 g/mol. The standard InChI is InChI=1S/C33H38NO3/c1-19-18-25-27(33(5,6)15-14-32(25,3)4)31-26(19)24-12-16-34-28(20(2)36-7)23(13-17-35)21-10-8-9-11-22(21)29(34)30(24)37-31/h8-12,16,18,23,28,35H,2,13-15,17H2,1,3-7H3/q+1. The molecule has 2 aromatic carbocycles. The molecule has 0 saturated carbocycles. The van der Waals surface area contributed by atoms with E-state index in [4.69, 9.17) is 9.15 Å². The van der Waals surface area contributed by atoms with Crippen LogP contribution >= 0.6 is 0 Å². The molecule has 0 spiro atoms. The number of aromatic nitrogens is 1. The van der Waals surface area contributed by atoms with Crippen LogP contribution in [0.15, 0.2) is 59.4 Å². The molecule has 3 heterocycles. The van der Waals surface area contributed by atoms with Gasteiger partial charge in [0, 0.05) is 29.0 Å². The van der Waals surface area contributed by atoms with Gasteiger partial charge in [0.05, 0.1) is 18.6 Å². The summed E-state index contributed by atoms with van der Waals surface area (Å²) in [4.78, 5) is 0. The number of hydrogen-bond donors (Lipinski definition) is 1. The second-order valence-corrected chi connectivity index (χ2v) is 12.3. The van der Waals surface area contributed by atoms with Crippen LogP contribution < -0.4 is 4.57 Å². The molecule has 4 aromatic rings. The molecule has 2 unspecified atom stereocenters. The first-order valence-corrected chi connectivity index (χ1v) is 13.5. The van der Waals surface area contributed by atoms with Gasteiger partial charge in [0.15, 0.2) is 12.0 Å². The van der Waals surface area contributed by atoms with E-state index in [9.17, 15) is 5.11 Å². The highest BCUT2D eigenvalue weighted by molar-refractivity contribution is 6.11. The fourth-order valence-electron chi connectivity index (χ4n) is 7.11. The summed E-state index contributed by atoms with van der Waals surface area (Å²) in [5, 5.41) is 12.3. The van der Waals surface area contributed by atoms with Gasteiger partial charge in [0.1, 0.15) is 5.58 Å². The van der Waals surface area contributed by atoms with Crippen LogP contribution in [0, 0.1) is 6.92 Å². The summed E-state index contributed by atoms with van der Waals surface area (Å²) in [6, 6.07) is 13.0. The molecule has 1 aliphatic carbocycles. The maximum atomic E-state index is 9.97. The van der Waals surface area contributed by atoms with E-state index in [0.29, 0.717) is 12.2 Å². The van der Waals surface area contributed by atoms with Crippen molar-refractivity contribution in [1.29, 1.82) is 0 Å². The van der Waals surface area contributed by atoms with E-state index in [1.807, 2.05) is 0 Å². The number of nitrogens with zero attached hydrogens (tertiary/aromatic N) is 1. The van der Waals surface area contributed by atoms with Gasteiger partial charge in [0.2, 0.25) is 11.6 Å². The lowest BCUT2D eigenvalue weighted by atomic mass is 9.62. The van der Waals surface area contributed by atoms with E-state index in [-0.39, 0.29) is 29.4 Å². The predicted octanol–water partition coefficient (Wildman–Crippen LogP) is 7.38. The van der Waals surface area contributed by atoms with Crippen LogP contribution in [0.3, 0.4) is 0 Å². The Labute approximate surface area is 219 Å². The van der Waals surface area contributed by atoms with Crippen LogP contribution in [0.5, 0.6) is 0 Å². The summed E-state index contributed by atoms with van der Waals surface area (Å²) in [6.07, 6.45) is 5.10. The number of ether oxygens (including phenoxy) is 1. The number of fused-ring (bicyclic) bond motifs is 9. The molecule has 1 N–H and O–H groups in total. The van der Waals surface area contributed by atoms with Crippen molar-refractivity contribution < 1.29 is 18.8 Å². The van der Waals surface area contributed by atoms with Crippen molar-refractivity contribution in [3.05, 3.63) is 77.2 Å². The normalized spacial score (nSPS) is 21.4. The van der Waals surface area contributed by atoms with Crippen LogP contribution in [0.4, 0.5) is 0 Å². The SMILES string of the molecule is C=C(OC)C1C(CCO)c2ccccc2-c2c3oc4c5c(cc(C)c4c3cc[n+]21)C(C)(C)CCC5(C)C. The molecular formula is C33H38NO3+. The van der Waals surface area contributed by atoms with Crippen LogP contribution in [0.25, 0.3) is 33.2 Å². The fraction of sp³-hybridized carbons (Fsp3) is 0.424. The van der Waals surface area contributed by atoms with Crippen LogP contribution in [-0.4, -0.2) is 18.8 Å². The number of aryl methyl sites for hydroxylation is 1. The molecule has 6 rings (SSSR count). The first kappa shape index (κ1) is 24.2. The van der Waals surface area contributed by atoms with Gasteiger partial charge in [-0.15, -0.1) is 0 Å². The fourth-order valence-corrected chi connectivity index (χ4v) is 7.11. The number of pyridine rings is 1. The lowest BCUT2D eigenvalue weighted by molar-refractivity contribution is -0.711. The predicted molar refractivity (Wildman–Crippen MR) is 149 cm³/mol. The summed E-state index contributed by atoms with van der Waals surface area (Å²) >= 11 is 0. The molecule has 0 fully saturated rings. The van der Waals surface area contributed by atoms with Crippen molar-refractivity contribution in [2.24, 2.45) is 0 Å². The third-order valence-corrected chi connectivity index (χ3v) is 9.18. The van der Waals surface area contributed by atoms with Gasteiger partial charge < -0.3 is 14.3 Å². The minimum absolute atomic E-state index is 0.0366. The zero-order valence-electron chi connectivity index (χ0n) is 22.9. The Morgan fingerprint density at radius 1 is 1.11 bits per heavy atom. The Balaban J connectivity index is 1.75. The first-order valence-electron chi connectivity index (χ1n) is 13.5. The third-order valence-electron chi connectivity index (χ3n) is 9.18. The lowest BCUT2D eigenvalue weighted by Gasteiger charge is -2.41.